The van der Waals surface area contributed by atoms with Crippen molar-refractivity contribution in [2.75, 3.05) is 20.8 Å². The van der Waals surface area contributed by atoms with Crippen LogP contribution in [0.2, 0.25) is 0 Å². The molecular formula is C16H27NO2. The Morgan fingerprint density at radius 1 is 1.11 bits per heavy atom. The average Bonchev–Trinajstić information content (AvgIpc) is 2.35. The van der Waals surface area contributed by atoms with Gasteiger partial charge in [0.25, 0.3) is 0 Å². The van der Waals surface area contributed by atoms with Crippen molar-refractivity contribution in [2.24, 2.45) is 0 Å². The Balaban J connectivity index is 3.11. The van der Waals surface area contributed by atoms with Gasteiger partial charge in [-0.3, -0.25) is 0 Å². The maximum absolute atomic E-state index is 5.41. The number of methoxy groups -OCH3 is 2. The van der Waals surface area contributed by atoms with Gasteiger partial charge in [0.2, 0.25) is 0 Å². The Morgan fingerprint density at radius 2 is 1.63 bits per heavy atom. The van der Waals surface area contributed by atoms with Crippen LogP contribution in [0.5, 0.6) is 11.5 Å². The molecule has 0 aromatic heterocycles. The predicted octanol–water partition coefficient (Wildman–Crippen LogP) is 3.29. The smallest absolute Gasteiger partial charge is 0.161 e. The van der Waals surface area contributed by atoms with Crippen LogP contribution in [0, 0.1) is 6.92 Å². The first-order valence-corrected chi connectivity index (χ1v) is 6.78. The van der Waals surface area contributed by atoms with Gasteiger partial charge in [0, 0.05) is 18.0 Å². The van der Waals surface area contributed by atoms with Gasteiger partial charge in [-0.25, -0.2) is 0 Å². The third-order valence-electron chi connectivity index (χ3n) is 3.41. The zero-order valence-corrected chi connectivity index (χ0v) is 13.3. The minimum Gasteiger partial charge on any atom is -0.493 e. The number of aryl methyl sites for hydroxylation is 1. The summed E-state index contributed by atoms with van der Waals surface area (Å²) in [6, 6.07) is 4.63. The molecule has 1 aromatic carbocycles. The second-order valence-electron chi connectivity index (χ2n) is 5.94. The van der Waals surface area contributed by atoms with Gasteiger partial charge in [0.15, 0.2) is 11.5 Å². The molecule has 1 N–H and O–H groups in total. The highest BCUT2D eigenvalue weighted by molar-refractivity contribution is 5.49. The van der Waals surface area contributed by atoms with Crippen LogP contribution in [0.15, 0.2) is 12.1 Å². The molecule has 19 heavy (non-hydrogen) atoms. The van der Waals surface area contributed by atoms with Crippen LogP contribution in [-0.2, 0) is 5.41 Å². The highest BCUT2D eigenvalue weighted by Crippen LogP contribution is 2.35. The summed E-state index contributed by atoms with van der Waals surface area (Å²) in [6.45, 7) is 11.9. The first kappa shape index (κ1) is 15.8. The molecule has 108 valence electrons. The van der Waals surface area contributed by atoms with E-state index in [1.807, 2.05) is 6.07 Å². The lowest BCUT2D eigenvalue weighted by atomic mass is 9.81. The molecule has 0 aliphatic heterocycles. The molecule has 0 saturated carbocycles. The standard InChI is InChI=1S/C16H27NO2/c1-11(2)17-10-16(4,5)13-9-15(19-7)14(18-6)8-12(13)3/h8-9,11,17H,10H2,1-7H3. The van der Waals surface area contributed by atoms with Crippen LogP contribution in [0.3, 0.4) is 0 Å². The third-order valence-corrected chi connectivity index (χ3v) is 3.41. The Hall–Kier alpha value is -1.22. The molecule has 0 saturated heterocycles. The molecule has 0 aliphatic rings. The molecule has 0 spiro atoms. The van der Waals surface area contributed by atoms with Gasteiger partial charge in [0.1, 0.15) is 0 Å². The Morgan fingerprint density at radius 3 is 2.11 bits per heavy atom. The molecule has 0 amide bonds. The molecule has 0 aliphatic carbocycles. The van der Waals surface area contributed by atoms with Crippen LogP contribution in [0.4, 0.5) is 0 Å². The molecule has 3 nitrogen and oxygen atoms in total. The fraction of sp³-hybridized carbons (Fsp3) is 0.625. The molecular weight excluding hydrogens is 238 g/mol. The van der Waals surface area contributed by atoms with E-state index in [4.69, 9.17) is 9.47 Å². The molecule has 1 rings (SSSR count). The largest absolute Gasteiger partial charge is 0.493 e. The van der Waals surface area contributed by atoms with E-state index in [0.29, 0.717) is 6.04 Å². The minimum atomic E-state index is 0.0495. The monoisotopic (exact) mass is 265 g/mol. The van der Waals surface area contributed by atoms with Crippen LogP contribution in [-0.4, -0.2) is 26.8 Å². The normalized spacial score (nSPS) is 11.8. The van der Waals surface area contributed by atoms with Crippen molar-refractivity contribution in [1.82, 2.24) is 5.32 Å². The van der Waals surface area contributed by atoms with Crippen molar-refractivity contribution in [2.45, 2.75) is 46.1 Å². The van der Waals surface area contributed by atoms with E-state index in [1.54, 1.807) is 14.2 Å². The second kappa shape index (κ2) is 6.29. The van der Waals surface area contributed by atoms with Crippen LogP contribution in [0.1, 0.15) is 38.8 Å². The van der Waals surface area contributed by atoms with Crippen LogP contribution >= 0.6 is 0 Å². The van der Waals surface area contributed by atoms with Gasteiger partial charge < -0.3 is 14.8 Å². The van der Waals surface area contributed by atoms with E-state index in [1.165, 1.54) is 11.1 Å². The van der Waals surface area contributed by atoms with Gasteiger partial charge in [0.05, 0.1) is 14.2 Å². The first-order chi connectivity index (χ1) is 8.81. The number of hydrogen-bond donors (Lipinski definition) is 1. The fourth-order valence-corrected chi connectivity index (χ4v) is 2.26. The molecule has 0 bridgehead atoms. The maximum atomic E-state index is 5.41. The Bertz CT molecular complexity index is 425. The highest BCUT2D eigenvalue weighted by atomic mass is 16.5. The zero-order valence-electron chi connectivity index (χ0n) is 13.3. The highest BCUT2D eigenvalue weighted by Gasteiger charge is 2.24. The molecule has 0 atom stereocenters. The van der Waals surface area contributed by atoms with Gasteiger partial charge in [-0.05, 0) is 30.2 Å². The van der Waals surface area contributed by atoms with Crippen LogP contribution < -0.4 is 14.8 Å². The van der Waals surface area contributed by atoms with Crippen molar-refractivity contribution in [3.05, 3.63) is 23.3 Å². The summed E-state index contributed by atoms with van der Waals surface area (Å²) in [5.74, 6) is 1.58. The summed E-state index contributed by atoms with van der Waals surface area (Å²) < 4.78 is 10.7. The number of benzene rings is 1. The van der Waals surface area contributed by atoms with Gasteiger partial charge in [-0.15, -0.1) is 0 Å². The Kier molecular flexibility index (Phi) is 5.24. The summed E-state index contributed by atoms with van der Waals surface area (Å²) in [7, 11) is 3.35. The molecule has 1 aromatic rings. The minimum absolute atomic E-state index is 0.0495. The van der Waals surface area contributed by atoms with E-state index in [0.717, 1.165) is 18.0 Å². The average molecular weight is 265 g/mol. The predicted molar refractivity (Wildman–Crippen MR) is 80.4 cm³/mol. The quantitative estimate of drug-likeness (QED) is 0.856. The Labute approximate surface area is 117 Å². The van der Waals surface area contributed by atoms with E-state index in [-0.39, 0.29) is 5.41 Å². The maximum Gasteiger partial charge on any atom is 0.161 e. The summed E-state index contributed by atoms with van der Waals surface area (Å²) >= 11 is 0. The van der Waals surface area contributed by atoms with Crippen molar-refractivity contribution in [3.8, 4) is 11.5 Å². The van der Waals surface area contributed by atoms with E-state index >= 15 is 0 Å². The van der Waals surface area contributed by atoms with Crippen molar-refractivity contribution < 1.29 is 9.47 Å². The van der Waals surface area contributed by atoms with Crippen molar-refractivity contribution >= 4 is 0 Å². The first-order valence-electron chi connectivity index (χ1n) is 6.78. The summed E-state index contributed by atoms with van der Waals surface area (Å²) in [5.41, 5.74) is 2.57. The van der Waals surface area contributed by atoms with E-state index < -0.39 is 0 Å². The zero-order chi connectivity index (χ0) is 14.6. The second-order valence-corrected chi connectivity index (χ2v) is 5.94. The summed E-state index contributed by atoms with van der Waals surface area (Å²) in [6.07, 6.45) is 0. The lowest BCUT2D eigenvalue weighted by molar-refractivity contribution is 0.352. The summed E-state index contributed by atoms with van der Waals surface area (Å²) in [5, 5.41) is 3.51. The number of ether oxygens (including phenoxy) is 2. The van der Waals surface area contributed by atoms with E-state index in [2.05, 4.69) is 46.0 Å². The number of nitrogens with one attached hydrogen (secondary N) is 1. The van der Waals surface area contributed by atoms with Gasteiger partial charge >= 0.3 is 0 Å². The number of hydrogen-bond acceptors (Lipinski definition) is 3. The fourth-order valence-electron chi connectivity index (χ4n) is 2.26. The number of rotatable bonds is 6. The molecule has 0 unspecified atom stereocenters. The lowest BCUT2D eigenvalue weighted by Gasteiger charge is -2.29. The van der Waals surface area contributed by atoms with E-state index in [9.17, 15) is 0 Å². The van der Waals surface area contributed by atoms with Gasteiger partial charge in [-0.2, -0.15) is 0 Å². The third kappa shape index (κ3) is 3.87. The topological polar surface area (TPSA) is 30.5 Å². The lowest BCUT2D eigenvalue weighted by Crippen LogP contribution is -2.37. The molecule has 0 fully saturated rings. The molecule has 3 heteroatoms. The van der Waals surface area contributed by atoms with Crippen LogP contribution in [0.25, 0.3) is 0 Å². The van der Waals surface area contributed by atoms with Gasteiger partial charge in [-0.1, -0.05) is 27.7 Å². The summed E-state index contributed by atoms with van der Waals surface area (Å²) in [4.78, 5) is 0. The molecule has 0 radical (unpaired) electrons. The SMILES string of the molecule is COc1cc(C)c(C(C)(C)CNC(C)C)cc1OC. The van der Waals surface area contributed by atoms with Crippen molar-refractivity contribution in [1.29, 1.82) is 0 Å². The molecule has 0 heterocycles. The van der Waals surface area contributed by atoms with Crippen molar-refractivity contribution in [3.63, 3.8) is 0 Å².